The maximum Gasteiger partial charge on any atom is 0.323 e. The van der Waals surface area contributed by atoms with Crippen molar-refractivity contribution in [1.82, 2.24) is 5.09 Å². The molecule has 0 fully saturated rings. The van der Waals surface area contributed by atoms with Crippen LogP contribution in [0.3, 0.4) is 0 Å². The summed E-state index contributed by atoms with van der Waals surface area (Å²) < 4.78 is 16.8. The highest BCUT2D eigenvalue weighted by Crippen LogP contribution is 2.48. The van der Waals surface area contributed by atoms with Crippen molar-refractivity contribution >= 4 is 13.3 Å². The number of hydrogen-bond donors (Lipinski definition) is 1. The summed E-state index contributed by atoms with van der Waals surface area (Å²) in [6.45, 7) is 3.81. The van der Waals surface area contributed by atoms with Crippen LogP contribution in [0, 0.1) is 5.92 Å². The summed E-state index contributed by atoms with van der Waals surface area (Å²) >= 11 is 0. The van der Waals surface area contributed by atoms with E-state index in [0.29, 0.717) is 6.16 Å². The quantitative estimate of drug-likeness (QED) is 0.593. The molecule has 0 spiro atoms. The Morgan fingerprint density at radius 3 is 2.60 bits per heavy atom. The predicted octanol–water partition coefficient (Wildman–Crippen LogP) is 1.97. The highest BCUT2D eigenvalue weighted by atomic mass is 31.2. The highest BCUT2D eigenvalue weighted by Gasteiger charge is 2.31. The fraction of sp³-hybridized carbons (Fsp3) is 0.700. The monoisotopic (exact) mass is 231 g/mol. The van der Waals surface area contributed by atoms with E-state index >= 15 is 0 Å². The van der Waals surface area contributed by atoms with Crippen molar-refractivity contribution in [3.8, 4) is 0 Å². The highest BCUT2D eigenvalue weighted by molar-refractivity contribution is 7.65. The minimum atomic E-state index is -2.48. The van der Waals surface area contributed by atoms with Gasteiger partial charge in [-0.15, -0.1) is 0 Å². The Labute approximate surface area is 90.5 Å². The van der Waals surface area contributed by atoms with Crippen molar-refractivity contribution in [2.24, 2.45) is 5.92 Å². The summed E-state index contributed by atoms with van der Waals surface area (Å²) in [7, 11) is -1.13. The van der Waals surface area contributed by atoms with E-state index in [9.17, 15) is 9.36 Å². The number of hydrogen-bond acceptors (Lipinski definition) is 3. The van der Waals surface area contributed by atoms with Gasteiger partial charge in [-0.05, 0) is 18.2 Å². The van der Waals surface area contributed by atoms with Crippen LogP contribution in [0.1, 0.15) is 20.3 Å². The molecular weight excluding hydrogens is 213 g/mol. The van der Waals surface area contributed by atoms with Crippen LogP contribution in [-0.4, -0.2) is 25.3 Å². The zero-order valence-corrected chi connectivity index (χ0v) is 10.3. The van der Waals surface area contributed by atoms with Crippen molar-refractivity contribution in [3.05, 3.63) is 11.9 Å². The zero-order valence-electron chi connectivity index (χ0n) is 9.40. The lowest BCUT2D eigenvalue weighted by atomic mass is 10.1. The third kappa shape index (κ3) is 3.18. The lowest BCUT2D eigenvalue weighted by Crippen LogP contribution is -2.39. The second-order valence-corrected chi connectivity index (χ2v) is 6.66. The molecule has 1 aliphatic rings. The fourth-order valence-electron chi connectivity index (χ4n) is 1.53. The van der Waals surface area contributed by atoms with Gasteiger partial charge in [-0.1, -0.05) is 19.9 Å². The Morgan fingerprint density at radius 2 is 2.20 bits per heavy atom. The van der Waals surface area contributed by atoms with Gasteiger partial charge in [0.2, 0.25) is 0 Å². The van der Waals surface area contributed by atoms with E-state index in [1.165, 1.54) is 7.11 Å². The number of carbonyl (C=O) groups is 1. The van der Waals surface area contributed by atoms with Crippen LogP contribution in [0.2, 0.25) is 0 Å². The Bertz CT molecular complexity index is 312. The van der Waals surface area contributed by atoms with Gasteiger partial charge in [0.25, 0.3) is 0 Å². The minimum absolute atomic E-state index is 0.0669. The Balaban J connectivity index is 2.71. The first-order chi connectivity index (χ1) is 6.98. The number of ether oxygens (including phenoxy) is 1. The molecule has 0 aliphatic carbocycles. The van der Waals surface area contributed by atoms with Crippen LogP contribution >= 0.6 is 7.29 Å². The van der Waals surface area contributed by atoms with E-state index < -0.39 is 13.3 Å². The first kappa shape index (κ1) is 12.5. The molecule has 1 N–H and O–H groups in total. The SMILES string of the molecule is COC(=O)C(NP1(=O)C=CCC1)C(C)C. The summed E-state index contributed by atoms with van der Waals surface area (Å²) in [4.78, 5) is 11.5. The zero-order chi connectivity index (χ0) is 11.5. The number of carbonyl (C=O) groups excluding carboxylic acids is 1. The Morgan fingerprint density at radius 1 is 1.53 bits per heavy atom. The van der Waals surface area contributed by atoms with Crippen molar-refractivity contribution in [3.63, 3.8) is 0 Å². The van der Waals surface area contributed by atoms with E-state index in [1.807, 2.05) is 19.9 Å². The summed E-state index contributed by atoms with van der Waals surface area (Å²) in [5.74, 6) is 1.42. The van der Waals surface area contributed by atoms with Gasteiger partial charge in [0, 0.05) is 6.16 Å². The summed E-state index contributed by atoms with van der Waals surface area (Å²) in [5, 5.41) is 2.94. The maximum atomic E-state index is 12.1. The van der Waals surface area contributed by atoms with Gasteiger partial charge >= 0.3 is 5.97 Å². The second kappa shape index (κ2) is 4.95. The molecule has 0 saturated heterocycles. The van der Waals surface area contributed by atoms with Gasteiger partial charge in [-0.25, -0.2) is 5.09 Å². The molecule has 86 valence electrons. The minimum Gasteiger partial charge on any atom is -0.468 e. The summed E-state index contributed by atoms with van der Waals surface area (Å²) in [5.41, 5.74) is 0. The average Bonchev–Trinajstić information content (AvgIpc) is 2.60. The molecule has 1 aliphatic heterocycles. The molecule has 0 saturated carbocycles. The summed E-state index contributed by atoms with van der Waals surface area (Å²) in [6.07, 6.45) is 3.31. The predicted molar refractivity (Wildman–Crippen MR) is 60.0 cm³/mol. The van der Waals surface area contributed by atoms with Crippen molar-refractivity contribution in [1.29, 1.82) is 0 Å². The molecular formula is C10H18NO3P. The Hall–Kier alpha value is -0.600. The maximum absolute atomic E-state index is 12.1. The van der Waals surface area contributed by atoms with Crippen molar-refractivity contribution < 1.29 is 14.1 Å². The Kier molecular flexibility index (Phi) is 4.12. The molecule has 0 aromatic carbocycles. The molecule has 1 heterocycles. The number of nitrogens with one attached hydrogen (secondary N) is 1. The largest absolute Gasteiger partial charge is 0.468 e. The van der Waals surface area contributed by atoms with Gasteiger partial charge in [-0.2, -0.15) is 0 Å². The van der Waals surface area contributed by atoms with Crippen LogP contribution in [0.5, 0.6) is 0 Å². The summed E-state index contributed by atoms with van der Waals surface area (Å²) in [6, 6.07) is -0.483. The van der Waals surface area contributed by atoms with Crippen LogP contribution < -0.4 is 5.09 Å². The fourth-order valence-corrected chi connectivity index (χ4v) is 3.79. The number of allylic oxidation sites excluding steroid dienone is 1. The van der Waals surface area contributed by atoms with Crippen molar-refractivity contribution in [2.75, 3.05) is 13.3 Å². The molecule has 5 heteroatoms. The second-order valence-electron chi connectivity index (χ2n) is 4.07. The smallest absolute Gasteiger partial charge is 0.323 e. The lowest BCUT2D eigenvalue weighted by molar-refractivity contribution is -0.143. The van der Waals surface area contributed by atoms with Crippen LogP contribution in [0.4, 0.5) is 0 Å². The molecule has 0 radical (unpaired) electrons. The standard InChI is InChI=1S/C10H18NO3P/c1-8(2)9(10(12)14-3)11-15(13)6-4-5-7-15/h4,6,8-9H,5,7H2,1-3H3,(H,11,13). The molecule has 0 amide bonds. The third-order valence-electron chi connectivity index (χ3n) is 2.45. The molecule has 0 aromatic rings. The van der Waals surface area contributed by atoms with Crippen LogP contribution in [0.25, 0.3) is 0 Å². The lowest BCUT2D eigenvalue weighted by Gasteiger charge is -2.23. The van der Waals surface area contributed by atoms with Gasteiger partial charge < -0.3 is 9.30 Å². The van der Waals surface area contributed by atoms with E-state index in [1.54, 1.807) is 5.82 Å². The number of esters is 1. The number of rotatable bonds is 4. The normalized spacial score (nSPS) is 26.9. The average molecular weight is 231 g/mol. The molecule has 2 unspecified atom stereocenters. The van der Waals surface area contributed by atoms with Crippen LogP contribution in [0.15, 0.2) is 11.9 Å². The molecule has 4 nitrogen and oxygen atoms in total. The van der Waals surface area contributed by atoms with E-state index in [2.05, 4.69) is 9.82 Å². The van der Waals surface area contributed by atoms with Crippen LogP contribution in [-0.2, 0) is 14.1 Å². The topological polar surface area (TPSA) is 55.4 Å². The number of methoxy groups -OCH3 is 1. The van der Waals surface area contributed by atoms with Gasteiger partial charge in [0.15, 0.2) is 7.29 Å². The van der Waals surface area contributed by atoms with Crippen molar-refractivity contribution in [2.45, 2.75) is 26.3 Å². The van der Waals surface area contributed by atoms with E-state index in [0.717, 1.165) is 6.42 Å². The molecule has 1 rings (SSSR count). The van der Waals surface area contributed by atoms with E-state index in [-0.39, 0.29) is 11.9 Å². The molecule has 0 aromatic heterocycles. The molecule has 2 atom stereocenters. The van der Waals surface area contributed by atoms with Gasteiger partial charge in [0.1, 0.15) is 6.04 Å². The van der Waals surface area contributed by atoms with Gasteiger partial charge in [0.05, 0.1) is 7.11 Å². The molecule has 0 bridgehead atoms. The first-order valence-electron chi connectivity index (χ1n) is 5.10. The van der Waals surface area contributed by atoms with Gasteiger partial charge in [-0.3, -0.25) is 4.79 Å². The molecule has 15 heavy (non-hydrogen) atoms. The third-order valence-corrected chi connectivity index (χ3v) is 4.78. The van der Waals surface area contributed by atoms with E-state index in [4.69, 9.17) is 0 Å². The first-order valence-corrected chi connectivity index (χ1v) is 7.07.